The molecule has 0 aliphatic carbocycles. The Labute approximate surface area is 119 Å². The van der Waals surface area contributed by atoms with Gasteiger partial charge in [-0.2, -0.15) is 0 Å². The largest absolute Gasteiger partial charge is 0.484 e. The molecule has 3 rings (SSSR count). The van der Waals surface area contributed by atoms with Crippen LogP contribution in [0.5, 0.6) is 11.5 Å². The van der Waals surface area contributed by atoms with Gasteiger partial charge in [0.15, 0.2) is 17.6 Å². The highest BCUT2D eigenvalue weighted by molar-refractivity contribution is 9.10. The third kappa shape index (κ3) is 2.20. The predicted octanol–water partition coefficient (Wildman–Crippen LogP) is 4.62. The summed E-state index contributed by atoms with van der Waals surface area (Å²) in [5.41, 5.74) is 1.06. The zero-order chi connectivity index (χ0) is 12.5. The van der Waals surface area contributed by atoms with Gasteiger partial charge in [-0.1, -0.05) is 29.8 Å². The lowest BCUT2D eigenvalue weighted by Gasteiger charge is -2.27. The van der Waals surface area contributed by atoms with Crippen LogP contribution in [0.15, 0.2) is 46.9 Å². The van der Waals surface area contributed by atoms with E-state index in [9.17, 15) is 0 Å². The molecule has 2 aromatic carbocycles. The van der Waals surface area contributed by atoms with Crippen LogP contribution in [0.25, 0.3) is 0 Å². The molecule has 0 saturated carbocycles. The number of benzene rings is 2. The van der Waals surface area contributed by atoms with Crippen molar-refractivity contribution in [3.8, 4) is 11.5 Å². The van der Waals surface area contributed by atoms with Crippen molar-refractivity contribution in [2.45, 2.75) is 6.10 Å². The average Bonchev–Trinajstić information content (AvgIpc) is 2.39. The van der Waals surface area contributed by atoms with Gasteiger partial charge in [0.25, 0.3) is 0 Å². The first-order valence-electron chi connectivity index (χ1n) is 5.57. The Morgan fingerprint density at radius 2 is 1.89 bits per heavy atom. The highest BCUT2D eigenvalue weighted by Crippen LogP contribution is 2.41. The van der Waals surface area contributed by atoms with Crippen molar-refractivity contribution >= 4 is 27.5 Å². The van der Waals surface area contributed by atoms with Gasteiger partial charge in [0.05, 0.1) is 4.47 Å². The van der Waals surface area contributed by atoms with Gasteiger partial charge in [-0.05, 0) is 45.8 Å². The summed E-state index contributed by atoms with van der Waals surface area (Å²) in [5.74, 6) is 1.53. The van der Waals surface area contributed by atoms with Crippen molar-refractivity contribution < 1.29 is 9.47 Å². The quantitative estimate of drug-likeness (QED) is 0.762. The minimum Gasteiger partial charge on any atom is -0.484 e. The van der Waals surface area contributed by atoms with Crippen LogP contribution in [0.2, 0.25) is 5.02 Å². The molecule has 0 bridgehead atoms. The molecule has 1 heterocycles. The fourth-order valence-corrected chi connectivity index (χ4v) is 2.50. The first-order chi connectivity index (χ1) is 8.74. The second-order valence-electron chi connectivity index (χ2n) is 4.04. The molecule has 2 aromatic rings. The van der Waals surface area contributed by atoms with E-state index in [1.807, 2.05) is 42.5 Å². The van der Waals surface area contributed by atoms with E-state index in [-0.39, 0.29) is 6.10 Å². The number of fused-ring (bicyclic) bond motifs is 1. The maximum absolute atomic E-state index is 5.94. The molecule has 0 radical (unpaired) electrons. The Balaban J connectivity index is 1.89. The van der Waals surface area contributed by atoms with E-state index >= 15 is 0 Å². The van der Waals surface area contributed by atoms with Crippen molar-refractivity contribution in [1.82, 2.24) is 0 Å². The van der Waals surface area contributed by atoms with E-state index in [1.54, 1.807) is 0 Å². The number of hydrogen-bond acceptors (Lipinski definition) is 2. The molecule has 0 spiro atoms. The number of hydrogen-bond donors (Lipinski definition) is 0. The first kappa shape index (κ1) is 11.9. The summed E-state index contributed by atoms with van der Waals surface area (Å²) in [4.78, 5) is 0. The zero-order valence-electron chi connectivity index (χ0n) is 9.40. The Kier molecular flexibility index (Phi) is 3.18. The molecule has 0 saturated heterocycles. The molecular weight excluding hydrogens is 316 g/mol. The van der Waals surface area contributed by atoms with E-state index in [0.717, 1.165) is 26.6 Å². The van der Waals surface area contributed by atoms with Crippen LogP contribution >= 0.6 is 27.5 Å². The molecule has 2 nitrogen and oxygen atoms in total. The summed E-state index contributed by atoms with van der Waals surface area (Å²) in [6.07, 6.45) is -0.0935. The lowest BCUT2D eigenvalue weighted by molar-refractivity contribution is 0.0905. The summed E-state index contributed by atoms with van der Waals surface area (Å²) in [6, 6.07) is 13.4. The third-order valence-corrected chi connectivity index (χ3v) is 3.70. The third-order valence-electron chi connectivity index (χ3n) is 2.82. The number of para-hydroxylation sites is 1. The monoisotopic (exact) mass is 324 g/mol. The topological polar surface area (TPSA) is 18.5 Å². The summed E-state index contributed by atoms with van der Waals surface area (Å²) >= 11 is 9.32. The van der Waals surface area contributed by atoms with Gasteiger partial charge in [0.1, 0.15) is 6.61 Å². The maximum atomic E-state index is 5.94. The molecule has 1 unspecified atom stereocenters. The lowest BCUT2D eigenvalue weighted by Crippen LogP contribution is -2.21. The Morgan fingerprint density at radius 3 is 2.67 bits per heavy atom. The van der Waals surface area contributed by atoms with Gasteiger partial charge in [-0.15, -0.1) is 0 Å². The maximum Gasteiger partial charge on any atom is 0.175 e. The molecule has 0 N–H and O–H groups in total. The smallest absolute Gasteiger partial charge is 0.175 e. The Hall–Kier alpha value is -1.19. The lowest BCUT2D eigenvalue weighted by atomic mass is 10.1. The summed E-state index contributed by atoms with van der Waals surface area (Å²) in [7, 11) is 0. The van der Waals surface area contributed by atoms with Gasteiger partial charge in [-0.3, -0.25) is 0 Å². The molecule has 92 valence electrons. The van der Waals surface area contributed by atoms with Gasteiger partial charge < -0.3 is 9.47 Å². The molecule has 0 amide bonds. The van der Waals surface area contributed by atoms with E-state index < -0.39 is 0 Å². The van der Waals surface area contributed by atoms with Crippen molar-refractivity contribution in [3.63, 3.8) is 0 Å². The zero-order valence-corrected chi connectivity index (χ0v) is 11.7. The minimum atomic E-state index is -0.0935. The molecule has 0 aromatic heterocycles. The number of rotatable bonds is 1. The molecule has 0 fully saturated rings. The Bertz CT molecular complexity index is 569. The van der Waals surface area contributed by atoms with Crippen LogP contribution in [-0.4, -0.2) is 6.61 Å². The van der Waals surface area contributed by atoms with Crippen LogP contribution in [-0.2, 0) is 0 Å². The van der Waals surface area contributed by atoms with Crippen LogP contribution in [0.4, 0.5) is 0 Å². The highest BCUT2D eigenvalue weighted by atomic mass is 79.9. The van der Waals surface area contributed by atoms with Crippen LogP contribution in [0.3, 0.4) is 0 Å². The van der Waals surface area contributed by atoms with E-state index in [2.05, 4.69) is 15.9 Å². The first-order valence-corrected chi connectivity index (χ1v) is 6.74. The highest BCUT2D eigenvalue weighted by Gasteiger charge is 2.23. The van der Waals surface area contributed by atoms with Gasteiger partial charge >= 0.3 is 0 Å². The van der Waals surface area contributed by atoms with Gasteiger partial charge in [0, 0.05) is 5.02 Å². The fraction of sp³-hybridized carbons (Fsp3) is 0.143. The Morgan fingerprint density at radius 1 is 1.11 bits per heavy atom. The molecule has 1 atom stereocenters. The van der Waals surface area contributed by atoms with Crippen molar-refractivity contribution in [1.29, 1.82) is 0 Å². The predicted molar refractivity (Wildman–Crippen MR) is 74.5 cm³/mol. The summed E-state index contributed by atoms with van der Waals surface area (Å²) in [5, 5.41) is 0.721. The van der Waals surface area contributed by atoms with E-state index in [0.29, 0.717) is 6.61 Å². The van der Waals surface area contributed by atoms with Gasteiger partial charge in [0.2, 0.25) is 0 Å². The number of halogens is 2. The van der Waals surface area contributed by atoms with Crippen LogP contribution in [0, 0.1) is 0 Å². The van der Waals surface area contributed by atoms with E-state index in [1.165, 1.54) is 0 Å². The molecule has 18 heavy (non-hydrogen) atoms. The van der Waals surface area contributed by atoms with Crippen molar-refractivity contribution in [2.75, 3.05) is 6.61 Å². The fourth-order valence-electron chi connectivity index (χ4n) is 1.91. The summed E-state index contributed by atoms with van der Waals surface area (Å²) in [6.45, 7) is 0.497. The number of ether oxygens (including phenoxy) is 2. The second kappa shape index (κ2) is 4.82. The molecular formula is C14H10BrClO2. The molecule has 4 heteroatoms. The summed E-state index contributed by atoms with van der Waals surface area (Å²) < 4.78 is 12.6. The normalized spacial score (nSPS) is 17.6. The molecule has 1 aliphatic heterocycles. The van der Waals surface area contributed by atoms with Gasteiger partial charge in [-0.25, -0.2) is 0 Å². The molecule has 1 aliphatic rings. The van der Waals surface area contributed by atoms with Crippen LogP contribution < -0.4 is 9.47 Å². The standard InChI is InChI=1S/C14H10BrClO2/c15-11-2-1-3-12-14(11)17-8-13(18-12)9-4-6-10(16)7-5-9/h1-7,13H,8H2. The van der Waals surface area contributed by atoms with Crippen molar-refractivity contribution in [2.24, 2.45) is 0 Å². The second-order valence-corrected chi connectivity index (χ2v) is 5.33. The van der Waals surface area contributed by atoms with Crippen LogP contribution in [0.1, 0.15) is 11.7 Å². The SMILES string of the molecule is Clc1ccc(C2COc3c(Br)cccc3O2)cc1. The average molecular weight is 326 g/mol. The minimum absolute atomic E-state index is 0.0935. The van der Waals surface area contributed by atoms with E-state index in [4.69, 9.17) is 21.1 Å². The van der Waals surface area contributed by atoms with Crippen molar-refractivity contribution in [3.05, 3.63) is 57.5 Å².